The fourth-order valence-corrected chi connectivity index (χ4v) is 2.90. The van der Waals surface area contributed by atoms with E-state index in [0.717, 1.165) is 24.5 Å². The molecule has 1 aromatic heterocycles. The SMILES string of the molecule is CC(C)c1c(C(=O)N2CCNCC2)cnn1-c1ccc(F)cc1. The third-order valence-corrected chi connectivity index (χ3v) is 4.06. The van der Waals surface area contributed by atoms with E-state index in [4.69, 9.17) is 0 Å². The van der Waals surface area contributed by atoms with Crippen LogP contribution in [0.4, 0.5) is 4.39 Å². The Morgan fingerprint density at radius 2 is 1.87 bits per heavy atom. The predicted octanol–water partition coefficient (Wildman–Crippen LogP) is 2.18. The van der Waals surface area contributed by atoms with E-state index in [-0.39, 0.29) is 17.6 Å². The topological polar surface area (TPSA) is 50.2 Å². The summed E-state index contributed by atoms with van der Waals surface area (Å²) in [4.78, 5) is 14.7. The number of piperazine rings is 1. The summed E-state index contributed by atoms with van der Waals surface area (Å²) in [6.07, 6.45) is 1.63. The van der Waals surface area contributed by atoms with Crippen molar-refractivity contribution < 1.29 is 9.18 Å². The minimum Gasteiger partial charge on any atom is -0.336 e. The average molecular weight is 316 g/mol. The second-order valence-electron chi connectivity index (χ2n) is 6.03. The highest BCUT2D eigenvalue weighted by Crippen LogP contribution is 2.24. The number of hydrogen-bond acceptors (Lipinski definition) is 3. The van der Waals surface area contributed by atoms with Gasteiger partial charge in [0.1, 0.15) is 5.82 Å². The smallest absolute Gasteiger partial charge is 0.257 e. The van der Waals surface area contributed by atoms with Gasteiger partial charge in [0, 0.05) is 26.2 Å². The van der Waals surface area contributed by atoms with Gasteiger partial charge in [-0.2, -0.15) is 5.10 Å². The van der Waals surface area contributed by atoms with E-state index >= 15 is 0 Å². The normalized spacial score (nSPS) is 15.2. The van der Waals surface area contributed by atoms with E-state index in [9.17, 15) is 9.18 Å². The van der Waals surface area contributed by atoms with Gasteiger partial charge in [0.05, 0.1) is 23.1 Å². The first-order valence-electron chi connectivity index (χ1n) is 7.92. The molecule has 6 heteroatoms. The minimum atomic E-state index is -0.288. The zero-order valence-electron chi connectivity index (χ0n) is 13.4. The Hall–Kier alpha value is -2.21. The van der Waals surface area contributed by atoms with Gasteiger partial charge in [0.15, 0.2) is 0 Å². The Morgan fingerprint density at radius 3 is 2.48 bits per heavy atom. The van der Waals surface area contributed by atoms with Crippen LogP contribution in [0, 0.1) is 5.82 Å². The molecule has 1 saturated heterocycles. The van der Waals surface area contributed by atoms with Crippen molar-refractivity contribution in [2.24, 2.45) is 0 Å². The largest absolute Gasteiger partial charge is 0.336 e. The van der Waals surface area contributed by atoms with E-state index in [2.05, 4.69) is 10.4 Å². The number of amides is 1. The number of carbonyl (C=O) groups excluding carboxylic acids is 1. The number of nitrogens with one attached hydrogen (secondary N) is 1. The van der Waals surface area contributed by atoms with E-state index in [1.54, 1.807) is 23.0 Å². The molecule has 2 aromatic rings. The monoisotopic (exact) mass is 316 g/mol. The van der Waals surface area contributed by atoms with Crippen molar-refractivity contribution in [3.8, 4) is 5.69 Å². The lowest BCUT2D eigenvalue weighted by Crippen LogP contribution is -2.46. The lowest BCUT2D eigenvalue weighted by Gasteiger charge is -2.27. The van der Waals surface area contributed by atoms with Crippen LogP contribution < -0.4 is 5.32 Å². The van der Waals surface area contributed by atoms with Gasteiger partial charge in [-0.3, -0.25) is 4.79 Å². The molecule has 122 valence electrons. The second kappa shape index (κ2) is 6.50. The lowest BCUT2D eigenvalue weighted by atomic mass is 10.0. The Morgan fingerprint density at radius 1 is 1.22 bits per heavy atom. The number of hydrogen-bond donors (Lipinski definition) is 1. The summed E-state index contributed by atoms with van der Waals surface area (Å²) in [6, 6.07) is 6.15. The third-order valence-electron chi connectivity index (χ3n) is 4.06. The third kappa shape index (κ3) is 3.12. The molecular formula is C17H21FN4O. The van der Waals surface area contributed by atoms with Crippen molar-refractivity contribution >= 4 is 5.91 Å². The summed E-state index contributed by atoms with van der Waals surface area (Å²) >= 11 is 0. The van der Waals surface area contributed by atoms with Crippen LogP contribution in [0.5, 0.6) is 0 Å². The van der Waals surface area contributed by atoms with Gasteiger partial charge in [0.2, 0.25) is 0 Å². The molecule has 23 heavy (non-hydrogen) atoms. The number of carbonyl (C=O) groups is 1. The Labute approximate surface area is 135 Å². The molecule has 0 radical (unpaired) electrons. The predicted molar refractivity (Wildman–Crippen MR) is 86.4 cm³/mol. The van der Waals surface area contributed by atoms with Gasteiger partial charge >= 0.3 is 0 Å². The molecule has 1 N–H and O–H groups in total. The van der Waals surface area contributed by atoms with E-state index in [0.29, 0.717) is 18.7 Å². The highest BCUT2D eigenvalue weighted by atomic mass is 19.1. The summed E-state index contributed by atoms with van der Waals surface area (Å²) in [5.74, 6) is -0.142. The molecule has 1 aliphatic heterocycles. The number of nitrogens with zero attached hydrogens (tertiary/aromatic N) is 3. The number of rotatable bonds is 3. The van der Waals surface area contributed by atoms with Gasteiger partial charge < -0.3 is 10.2 Å². The fraction of sp³-hybridized carbons (Fsp3) is 0.412. The molecule has 0 aliphatic carbocycles. The molecule has 1 aliphatic rings. The Kier molecular flexibility index (Phi) is 4.43. The highest BCUT2D eigenvalue weighted by molar-refractivity contribution is 5.95. The van der Waals surface area contributed by atoms with Gasteiger partial charge in [-0.05, 0) is 30.2 Å². The summed E-state index contributed by atoms with van der Waals surface area (Å²) in [7, 11) is 0. The van der Waals surface area contributed by atoms with Crippen molar-refractivity contribution in [3.05, 3.63) is 47.5 Å². The standard InChI is InChI=1S/C17H21FN4O/c1-12(2)16-15(17(23)21-9-7-19-8-10-21)11-20-22(16)14-5-3-13(18)4-6-14/h3-6,11-12,19H,7-10H2,1-2H3. The molecule has 0 atom stereocenters. The zero-order chi connectivity index (χ0) is 16.4. The van der Waals surface area contributed by atoms with Crippen molar-refractivity contribution in [1.29, 1.82) is 0 Å². The molecule has 1 fully saturated rings. The highest BCUT2D eigenvalue weighted by Gasteiger charge is 2.25. The number of halogens is 1. The maximum absolute atomic E-state index is 13.1. The van der Waals surface area contributed by atoms with Gasteiger partial charge in [-0.25, -0.2) is 9.07 Å². The first kappa shape index (κ1) is 15.7. The molecule has 0 saturated carbocycles. The van der Waals surface area contributed by atoms with Gasteiger partial charge in [0.25, 0.3) is 5.91 Å². The maximum Gasteiger partial charge on any atom is 0.257 e. The first-order valence-corrected chi connectivity index (χ1v) is 7.92. The van der Waals surface area contributed by atoms with Gasteiger partial charge in [-0.1, -0.05) is 13.8 Å². The Balaban J connectivity index is 1.98. The van der Waals surface area contributed by atoms with Crippen LogP contribution >= 0.6 is 0 Å². The van der Waals surface area contributed by atoms with Crippen LogP contribution in [0.3, 0.4) is 0 Å². The van der Waals surface area contributed by atoms with E-state index in [1.165, 1.54) is 12.1 Å². The van der Waals surface area contributed by atoms with Crippen molar-refractivity contribution in [1.82, 2.24) is 20.0 Å². The maximum atomic E-state index is 13.1. The molecule has 0 unspecified atom stereocenters. The summed E-state index contributed by atoms with van der Waals surface area (Å²) in [5, 5.41) is 7.63. The number of aromatic nitrogens is 2. The molecule has 3 rings (SSSR count). The van der Waals surface area contributed by atoms with Gasteiger partial charge in [-0.15, -0.1) is 0 Å². The molecule has 2 heterocycles. The first-order chi connectivity index (χ1) is 11.1. The Bertz CT molecular complexity index is 687. The quantitative estimate of drug-likeness (QED) is 0.944. The molecule has 0 spiro atoms. The second-order valence-corrected chi connectivity index (χ2v) is 6.03. The summed E-state index contributed by atoms with van der Waals surface area (Å²) < 4.78 is 14.9. The van der Waals surface area contributed by atoms with Crippen LogP contribution in [-0.2, 0) is 0 Å². The van der Waals surface area contributed by atoms with E-state index < -0.39 is 0 Å². The summed E-state index contributed by atoms with van der Waals surface area (Å²) in [6.45, 7) is 7.11. The molecule has 1 aromatic carbocycles. The van der Waals surface area contributed by atoms with Crippen LogP contribution in [-0.4, -0.2) is 46.8 Å². The molecular weight excluding hydrogens is 295 g/mol. The van der Waals surface area contributed by atoms with Crippen LogP contribution in [0.25, 0.3) is 5.69 Å². The lowest BCUT2D eigenvalue weighted by molar-refractivity contribution is 0.0734. The van der Waals surface area contributed by atoms with Crippen molar-refractivity contribution in [2.75, 3.05) is 26.2 Å². The van der Waals surface area contributed by atoms with Crippen molar-refractivity contribution in [2.45, 2.75) is 19.8 Å². The van der Waals surface area contributed by atoms with Crippen LogP contribution in [0.15, 0.2) is 30.5 Å². The van der Waals surface area contributed by atoms with Crippen LogP contribution in [0.1, 0.15) is 35.8 Å². The molecule has 5 nitrogen and oxygen atoms in total. The zero-order valence-corrected chi connectivity index (χ0v) is 13.4. The van der Waals surface area contributed by atoms with E-state index in [1.807, 2.05) is 18.7 Å². The molecule has 1 amide bonds. The fourth-order valence-electron chi connectivity index (χ4n) is 2.90. The van der Waals surface area contributed by atoms with Crippen LogP contribution in [0.2, 0.25) is 0 Å². The number of benzene rings is 1. The average Bonchev–Trinajstić information content (AvgIpc) is 3.01. The molecule has 0 bridgehead atoms. The van der Waals surface area contributed by atoms with Crippen molar-refractivity contribution in [3.63, 3.8) is 0 Å². The minimum absolute atomic E-state index is 0.0172. The summed E-state index contributed by atoms with van der Waals surface area (Å²) in [5.41, 5.74) is 2.25.